The summed E-state index contributed by atoms with van der Waals surface area (Å²) in [5, 5.41) is 9.08. The van der Waals surface area contributed by atoms with Gasteiger partial charge in [0, 0.05) is 24.6 Å². The molecule has 4 nitrogen and oxygen atoms in total. The molecule has 1 aliphatic rings. The molecule has 2 rings (SSSR count). The average molecular weight is 259 g/mol. The lowest BCUT2D eigenvalue weighted by Crippen LogP contribution is -2.25. The number of anilines is 1. The van der Waals surface area contributed by atoms with Gasteiger partial charge in [-0.25, -0.2) is 4.79 Å². The number of amides is 1. The molecule has 1 heterocycles. The van der Waals surface area contributed by atoms with Crippen LogP contribution in [0.4, 0.5) is 5.69 Å². The fourth-order valence-corrected chi connectivity index (χ4v) is 2.46. The number of nitrogens with zero attached hydrogens (tertiary/aromatic N) is 1. The molecule has 1 amide bonds. The van der Waals surface area contributed by atoms with Crippen LogP contribution in [0, 0.1) is 19.8 Å². The van der Waals surface area contributed by atoms with E-state index in [1.165, 1.54) is 0 Å². The summed E-state index contributed by atoms with van der Waals surface area (Å²) in [6.07, 6.45) is 2.27. The van der Waals surface area contributed by atoms with Crippen LogP contribution in [0.2, 0.25) is 0 Å². The molecule has 0 radical (unpaired) electrons. The van der Waals surface area contributed by atoms with Crippen LogP contribution in [0.1, 0.15) is 27.9 Å². The fourth-order valence-electron chi connectivity index (χ4n) is 2.46. The third kappa shape index (κ3) is 2.26. The first-order valence-electron chi connectivity index (χ1n) is 6.22. The number of hydrogen-bond donors (Lipinski definition) is 1. The molecule has 19 heavy (non-hydrogen) atoms. The minimum absolute atomic E-state index is 0.0653. The zero-order chi connectivity index (χ0) is 14.2. The van der Waals surface area contributed by atoms with E-state index >= 15 is 0 Å². The molecule has 1 atom stereocenters. The largest absolute Gasteiger partial charge is 0.478 e. The molecule has 0 bridgehead atoms. The van der Waals surface area contributed by atoms with Gasteiger partial charge >= 0.3 is 5.97 Å². The molecule has 1 aromatic carbocycles. The molecule has 1 fully saturated rings. The summed E-state index contributed by atoms with van der Waals surface area (Å²) < 4.78 is 0. The number of carboxylic acids is 1. The molecule has 100 valence electrons. The lowest BCUT2D eigenvalue weighted by molar-refractivity contribution is -0.117. The Morgan fingerprint density at radius 3 is 2.63 bits per heavy atom. The first kappa shape index (κ1) is 13.3. The number of carboxylic acid groups (broad SMARTS) is 1. The topological polar surface area (TPSA) is 57.6 Å². The minimum atomic E-state index is -0.941. The summed E-state index contributed by atoms with van der Waals surface area (Å²) in [4.78, 5) is 24.8. The Balaban J connectivity index is 2.42. The normalized spacial score (nSPS) is 18.7. The van der Waals surface area contributed by atoms with Crippen LogP contribution >= 0.6 is 0 Å². The number of carbonyl (C=O) groups is 2. The Kier molecular flexibility index (Phi) is 3.42. The van der Waals surface area contributed by atoms with E-state index in [2.05, 4.69) is 6.58 Å². The summed E-state index contributed by atoms with van der Waals surface area (Å²) in [7, 11) is 0. The van der Waals surface area contributed by atoms with Gasteiger partial charge in [0.15, 0.2) is 0 Å². The summed E-state index contributed by atoms with van der Waals surface area (Å²) in [6, 6.07) is 3.28. The molecule has 1 aliphatic heterocycles. The molecule has 0 aromatic heterocycles. The van der Waals surface area contributed by atoms with Crippen LogP contribution in [0.25, 0.3) is 0 Å². The van der Waals surface area contributed by atoms with Crippen molar-refractivity contribution >= 4 is 17.6 Å². The van der Waals surface area contributed by atoms with Crippen LogP contribution in [0.3, 0.4) is 0 Å². The van der Waals surface area contributed by atoms with Crippen molar-refractivity contribution in [2.75, 3.05) is 11.4 Å². The number of hydrogen-bond acceptors (Lipinski definition) is 2. The van der Waals surface area contributed by atoms with Crippen molar-refractivity contribution in [2.24, 2.45) is 5.92 Å². The van der Waals surface area contributed by atoms with Gasteiger partial charge < -0.3 is 10.0 Å². The highest BCUT2D eigenvalue weighted by Gasteiger charge is 2.30. The van der Waals surface area contributed by atoms with E-state index < -0.39 is 5.97 Å². The molecule has 0 spiro atoms. The van der Waals surface area contributed by atoms with Crippen molar-refractivity contribution in [1.29, 1.82) is 0 Å². The molecule has 1 unspecified atom stereocenters. The summed E-state index contributed by atoms with van der Waals surface area (Å²) in [5.74, 6) is -0.703. The lowest BCUT2D eigenvalue weighted by Gasteiger charge is -2.21. The van der Waals surface area contributed by atoms with Crippen molar-refractivity contribution in [3.63, 3.8) is 0 Å². The predicted molar refractivity (Wildman–Crippen MR) is 73.5 cm³/mol. The molecular weight excluding hydrogens is 242 g/mol. The molecule has 1 aromatic rings. The van der Waals surface area contributed by atoms with Gasteiger partial charge in [0.2, 0.25) is 5.91 Å². The molecular formula is C15H17NO3. The minimum Gasteiger partial charge on any atom is -0.478 e. The molecule has 1 N–H and O–H groups in total. The van der Waals surface area contributed by atoms with Gasteiger partial charge in [0.1, 0.15) is 0 Å². The van der Waals surface area contributed by atoms with E-state index in [1.807, 2.05) is 6.92 Å². The van der Waals surface area contributed by atoms with E-state index in [0.717, 1.165) is 11.3 Å². The van der Waals surface area contributed by atoms with Crippen molar-refractivity contribution < 1.29 is 14.7 Å². The fraction of sp³-hybridized carbons (Fsp3) is 0.333. The van der Waals surface area contributed by atoms with Crippen LogP contribution in [0.5, 0.6) is 0 Å². The Morgan fingerprint density at radius 1 is 1.42 bits per heavy atom. The average Bonchev–Trinajstić information content (AvgIpc) is 2.73. The molecule has 4 heteroatoms. The number of carbonyl (C=O) groups excluding carboxylic acids is 1. The maximum absolute atomic E-state index is 12.0. The summed E-state index contributed by atoms with van der Waals surface area (Å²) >= 11 is 0. The van der Waals surface area contributed by atoms with Gasteiger partial charge in [-0.3, -0.25) is 4.79 Å². The third-order valence-electron chi connectivity index (χ3n) is 3.77. The van der Waals surface area contributed by atoms with Crippen LogP contribution < -0.4 is 4.90 Å². The third-order valence-corrected chi connectivity index (χ3v) is 3.77. The lowest BCUT2D eigenvalue weighted by atomic mass is 10.0. The SMILES string of the molecule is C=CC1CC(=O)N(c2ccc(C(=O)O)c(C)c2C)C1. The Morgan fingerprint density at radius 2 is 2.11 bits per heavy atom. The predicted octanol–water partition coefficient (Wildman–Crippen LogP) is 2.54. The van der Waals surface area contributed by atoms with Crippen LogP contribution in [-0.4, -0.2) is 23.5 Å². The quantitative estimate of drug-likeness (QED) is 0.849. The van der Waals surface area contributed by atoms with Gasteiger partial charge in [-0.2, -0.15) is 0 Å². The highest BCUT2D eigenvalue weighted by molar-refractivity contribution is 5.98. The van der Waals surface area contributed by atoms with Gasteiger partial charge in [0.25, 0.3) is 0 Å². The second-order valence-electron chi connectivity index (χ2n) is 4.89. The number of rotatable bonds is 3. The summed E-state index contributed by atoms with van der Waals surface area (Å²) in [5.41, 5.74) is 2.64. The Bertz CT molecular complexity index is 563. The van der Waals surface area contributed by atoms with E-state index in [-0.39, 0.29) is 17.4 Å². The standard InChI is InChI=1S/C15H17NO3/c1-4-11-7-14(17)16(8-11)13-6-5-12(15(18)19)9(2)10(13)3/h4-6,11H,1,7-8H2,2-3H3,(H,18,19). The van der Waals surface area contributed by atoms with E-state index in [0.29, 0.717) is 18.5 Å². The van der Waals surface area contributed by atoms with Gasteiger partial charge in [0.05, 0.1) is 5.56 Å². The molecule has 1 saturated heterocycles. The zero-order valence-electron chi connectivity index (χ0n) is 11.1. The van der Waals surface area contributed by atoms with Crippen LogP contribution in [-0.2, 0) is 4.79 Å². The van der Waals surface area contributed by atoms with Crippen LogP contribution in [0.15, 0.2) is 24.8 Å². The van der Waals surface area contributed by atoms with Crippen molar-refractivity contribution in [3.8, 4) is 0 Å². The van der Waals surface area contributed by atoms with Gasteiger partial charge in [-0.1, -0.05) is 6.08 Å². The second-order valence-corrected chi connectivity index (χ2v) is 4.89. The van der Waals surface area contributed by atoms with Crippen molar-refractivity contribution in [1.82, 2.24) is 0 Å². The van der Waals surface area contributed by atoms with Gasteiger partial charge in [-0.05, 0) is 37.1 Å². The second kappa shape index (κ2) is 4.88. The maximum Gasteiger partial charge on any atom is 0.335 e. The molecule has 0 aliphatic carbocycles. The van der Waals surface area contributed by atoms with Crippen molar-refractivity contribution in [3.05, 3.63) is 41.5 Å². The van der Waals surface area contributed by atoms with Gasteiger partial charge in [-0.15, -0.1) is 6.58 Å². The maximum atomic E-state index is 12.0. The van der Waals surface area contributed by atoms with E-state index in [9.17, 15) is 9.59 Å². The highest BCUT2D eigenvalue weighted by Crippen LogP contribution is 2.31. The smallest absolute Gasteiger partial charge is 0.335 e. The zero-order valence-corrected chi connectivity index (χ0v) is 11.1. The number of aromatic carboxylic acids is 1. The summed E-state index contributed by atoms with van der Waals surface area (Å²) in [6.45, 7) is 7.97. The highest BCUT2D eigenvalue weighted by atomic mass is 16.4. The Labute approximate surface area is 112 Å². The number of benzene rings is 1. The Hall–Kier alpha value is -2.10. The molecule has 0 saturated carbocycles. The first-order chi connectivity index (χ1) is 8.95. The monoisotopic (exact) mass is 259 g/mol. The van der Waals surface area contributed by atoms with Crippen molar-refractivity contribution in [2.45, 2.75) is 20.3 Å². The van der Waals surface area contributed by atoms with E-state index in [1.54, 1.807) is 30.0 Å². The first-order valence-corrected chi connectivity index (χ1v) is 6.22. The van der Waals surface area contributed by atoms with E-state index in [4.69, 9.17) is 5.11 Å².